The molecule has 1 aromatic carbocycles. The van der Waals surface area contributed by atoms with Crippen molar-refractivity contribution in [3.05, 3.63) is 46.0 Å². The summed E-state index contributed by atoms with van der Waals surface area (Å²) in [6, 6.07) is 5.67. The number of hydrogen-bond acceptors (Lipinski definition) is 2. The van der Waals surface area contributed by atoms with E-state index in [0.717, 1.165) is 18.5 Å². The van der Waals surface area contributed by atoms with Gasteiger partial charge in [-0.1, -0.05) is 47.5 Å². The monoisotopic (exact) mass is 272 g/mol. The van der Waals surface area contributed by atoms with Crippen molar-refractivity contribution in [2.24, 2.45) is 5.73 Å². The van der Waals surface area contributed by atoms with E-state index in [0.29, 0.717) is 16.6 Å². The zero-order valence-electron chi connectivity index (χ0n) is 9.92. The van der Waals surface area contributed by atoms with Crippen molar-refractivity contribution in [2.75, 3.05) is 13.1 Å². The molecule has 0 amide bonds. The molecule has 1 atom stereocenters. The zero-order chi connectivity index (χ0) is 12.7. The Labute approximate surface area is 113 Å². The number of nitrogens with one attached hydrogen (secondary N) is 1. The minimum absolute atomic E-state index is 0.0476. The Morgan fingerprint density at radius 2 is 2.18 bits per heavy atom. The van der Waals surface area contributed by atoms with Gasteiger partial charge < -0.3 is 11.1 Å². The van der Waals surface area contributed by atoms with E-state index in [1.54, 1.807) is 6.07 Å². The first kappa shape index (κ1) is 14.5. The molecule has 0 saturated heterocycles. The average molecular weight is 273 g/mol. The molecule has 0 radical (unpaired) electrons. The molecule has 0 bridgehead atoms. The predicted molar refractivity (Wildman–Crippen MR) is 75.7 cm³/mol. The summed E-state index contributed by atoms with van der Waals surface area (Å²) in [5, 5.41) is 4.52. The topological polar surface area (TPSA) is 38.0 Å². The number of nitrogens with two attached hydrogens (primary N) is 1. The number of rotatable bonds is 6. The summed E-state index contributed by atoms with van der Waals surface area (Å²) >= 11 is 12.2. The zero-order valence-corrected chi connectivity index (χ0v) is 11.4. The second-order valence-corrected chi connectivity index (χ2v) is 4.53. The SMILES string of the molecule is C/C=C/CCNC(CN)c1cccc(Cl)c1Cl. The van der Waals surface area contributed by atoms with Gasteiger partial charge in [-0.2, -0.15) is 0 Å². The van der Waals surface area contributed by atoms with Gasteiger partial charge in [-0.3, -0.25) is 0 Å². The van der Waals surface area contributed by atoms with E-state index in [-0.39, 0.29) is 6.04 Å². The Kier molecular flexibility index (Phi) is 6.60. The van der Waals surface area contributed by atoms with Gasteiger partial charge >= 0.3 is 0 Å². The summed E-state index contributed by atoms with van der Waals surface area (Å²) in [4.78, 5) is 0. The van der Waals surface area contributed by atoms with Crippen LogP contribution in [-0.4, -0.2) is 13.1 Å². The molecular formula is C13H18Cl2N2. The lowest BCUT2D eigenvalue weighted by Crippen LogP contribution is -2.29. The van der Waals surface area contributed by atoms with Crippen LogP contribution in [0, 0.1) is 0 Å². The van der Waals surface area contributed by atoms with Crippen LogP contribution < -0.4 is 11.1 Å². The van der Waals surface area contributed by atoms with Crippen LogP contribution in [0.4, 0.5) is 0 Å². The van der Waals surface area contributed by atoms with Crippen LogP contribution in [0.1, 0.15) is 24.9 Å². The number of hydrogen-bond donors (Lipinski definition) is 2. The highest BCUT2D eigenvalue weighted by Gasteiger charge is 2.13. The molecule has 4 heteroatoms. The number of benzene rings is 1. The van der Waals surface area contributed by atoms with Gasteiger partial charge in [0.2, 0.25) is 0 Å². The van der Waals surface area contributed by atoms with Crippen molar-refractivity contribution in [1.82, 2.24) is 5.32 Å². The third-order valence-corrected chi connectivity index (χ3v) is 3.36. The smallest absolute Gasteiger partial charge is 0.0640 e. The van der Waals surface area contributed by atoms with Gasteiger partial charge in [0.25, 0.3) is 0 Å². The number of allylic oxidation sites excluding steroid dienone is 1. The molecule has 3 N–H and O–H groups in total. The quantitative estimate of drug-likeness (QED) is 0.614. The summed E-state index contributed by atoms with van der Waals surface area (Å²) in [6.45, 7) is 3.37. The molecule has 0 aliphatic rings. The average Bonchev–Trinajstić information content (AvgIpc) is 2.34. The van der Waals surface area contributed by atoms with Gasteiger partial charge in [0.05, 0.1) is 10.0 Å². The van der Waals surface area contributed by atoms with Gasteiger partial charge in [0.15, 0.2) is 0 Å². The van der Waals surface area contributed by atoms with Gasteiger partial charge in [0, 0.05) is 12.6 Å². The fourth-order valence-electron chi connectivity index (χ4n) is 1.62. The molecule has 94 valence electrons. The maximum absolute atomic E-state index is 6.17. The Hall–Kier alpha value is -0.540. The summed E-state index contributed by atoms with van der Waals surface area (Å²) in [5.41, 5.74) is 6.72. The largest absolute Gasteiger partial charge is 0.329 e. The Bertz CT molecular complexity index is 378. The van der Waals surface area contributed by atoms with Crippen molar-refractivity contribution >= 4 is 23.2 Å². The maximum Gasteiger partial charge on any atom is 0.0640 e. The maximum atomic E-state index is 6.17. The second-order valence-electron chi connectivity index (χ2n) is 3.74. The summed E-state index contributed by atoms with van der Waals surface area (Å²) in [7, 11) is 0. The first-order chi connectivity index (χ1) is 8.20. The van der Waals surface area contributed by atoms with Crippen LogP contribution in [0.3, 0.4) is 0 Å². The lowest BCUT2D eigenvalue weighted by molar-refractivity contribution is 0.548. The van der Waals surface area contributed by atoms with Crippen molar-refractivity contribution in [3.63, 3.8) is 0 Å². The number of halogens is 2. The van der Waals surface area contributed by atoms with Gasteiger partial charge in [0.1, 0.15) is 0 Å². The molecule has 0 aliphatic carbocycles. The highest BCUT2D eigenvalue weighted by atomic mass is 35.5. The van der Waals surface area contributed by atoms with Crippen LogP contribution in [0.15, 0.2) is 30.4 Å². The molecule has 0 fully saturated rings. The molecular weight excluding hydrogens is 255 g/mol. The molecule has 0 saturated carbocycles. The first-order valence-electron chi connectivity index (χ1n) is 5.69. The van der Waals surface area contributed by atoms with E-state index >= 15 is 0 Å². The first-order valence-corrected chi connectivity index (χ1v) is 6.44. The Morgan fingerprint density at radius 3 is 2.82 bits per heavy atom. The van der Waals surface area contributed by atoms with E-state index in [9.17, 15) is 0 Å². The van der Waals surface area contributed by atoms with Crippen molar-refractivity contribution in [2.45, 2.75) is 19.4 Å². The van der Waals surface area contributed by atoms with E-state index in [1.807, 2.05) is 25.1 Å². The fraction of sp³-hybridized carbons (Fsp3) is 0.385. The van der Waals surface area contributed by atoms with E-state index in [2.05, 4.69) is 11.4 Å². The predicted octanol–water partition coefficient (Wildman–Crippen LogP) is 3.55. The second kappa shape index (κ2) is 7.72. The van der Waals surface area contributed by atoms with Gasteiger partial charge in [-0.15, -0.1) is 0 Å². The fourth-order valence-corrected chi connectivity index (χ4v) is 2.06. The molecule has 2 nitrogen and oxygen atoms in total. The van der Waals surface area contributed by atoms with Crippen LogP contribution in [0.5, 0.6) is 0 Å². The molecule has 1 unspecified atom stereocenters. The highest BCUT2D eigenvalue weighted by molar-refractivity contribution is 6.42. The third-order valence-electron chi connectivity index (χ3n) is 2.53. The lowest BCUT2D eigenvalue weighted by Gasteiger charge is -2.18. The van der Waals surface area contributed by atoms with Crippen LogP contribution in [0.25, 0.3) is 0 Å². The van der Waals surface area contributed by atoms with Gasteiger partial charge in [-0.25, -0.2) is 0 Å². The van der Waals surface area contributed by atoms with E-state index in [4.69, 9.17) is 28.9 Å². The van der Waals surface area contributed by atoms with Crippen LogP contribution in [-0.2, 0) is 0 Å². The van der Waals surface area contributed by atoms with Crippen molar-refractivity contribution < 1.29 is 0 Å². The summed E-state index contributed by atoms with van der Waals surface area (Å²) in [6.07, 6.45) is 5.12. The van der Waals surface area contributed by atoms with E-state index < -0.39 is 0 Å². The third kappa shape index (κ3) is 4.32. The highest BCUT2D eigenvalue weighted by Crippen LogP contribution is 2.29. The molecule has 17 heavy (non-hydrogen) atoms. The molecule has 1 aromatic rings. The van der Waals surface area contributed by atoms with Gasteiger partial charge in [-0.05, 0) is 31.5 Å². The molecule has 0 heterocycles. The standard InChI is InChI=1S/C13H18Cl2N2/c1-2-3-4-8-17-12(9-16)10-6-5-7-11(14)13(10)15/h2-3,5-7,12,17H,4,8-9,16H2,1H3/b3-2+. The lowest BCUT2D eigenvalue weighted by atomic mass is 10.1. The minimum atomic E-state index is 0.0476. The Balaban J connectivity index is 2.69. The summed E-state index contributed by atoms with van der Waals surface area (Å²) in [5.74, 6) is 0. The normalized spacial score (nSPS) is 13.2. The minimum Gasteiger partial charge on any atom is -0.329 e. The molecule has 1 rings (SSSR count). The summed E-state index contributed by atoms with van der Waals surface area (Å²) < 4.78 is 0. The molecule has 0 aromatic heterocycles. The van der Waals surface area contributed by atoms with E-state index in [1.165, 1.54) is 0 Å². The van der Waals surface area contributed by atoms with Crippen molar-refractivity contribution in [1.29, 1.82) is 0 Å². The van der Waals surface area contributed by atoms with Crippen LogP contribution in [0.2, 0.25) is 10.0 Å². The molecule has 0 spiro atoms. The van der Waals surface area contributed by atoms with Crippen LogP contribution >= 0.6 is 23.2 Å². The van der Waals surface area contributed by atoms with Crippen molar-refractivity contribution in [3.8, 4) is 0 Å². The Morgan fingerprint density at radius 1 is 1.41 bits per heavy atom. The molecule has 0 aliphatic heterocycles.